The van der Waals surface area contributed by atoms with Gasteiger partial charge in [-0.2, -0.15) is 8.42 Å². The minimum absolute atomic E-state index is 0.0513. The smallest absolute Gasteiger partial charge is 0.266 e. The number of nitrogens with one attached hydrogen (secondary N) is 1. The molecule has 0 fully saturated rings. The van der Waals surface area contributed by atoms with E-state index in [4.69, 9.17) is 30.3 Å². The molecule has 0 radical (unpaired) electrons. The van der Waals surface area contributed by atoms with E-state index >= 15 is 0 Å². The number of nitrogens with zero attached hydrogens (tertiary/aromatic N) is 2. The zero-order valence-electron chi connectivity index (χ0n) is 21.6. The maximum atomic E-state index is 11.1. The van der Waals surface area contributed by atoms with E-state index in [9.17, 15) is 8.42 Å². The molecule has 41 heavy (non-hydrogen) atoms. The fourth-order valence-electron chi connectivity index (χ4n) is 4.15. The number of hydrogen-bond donors (Lipinski definition) is 2. The Bertz CT molecular complexity index is 1770. The summed E-state index contributed by atoms with van der Waals surface area (Å²) in [4.78, 5) is 0. The molecule has 12 heteroatoms. The molecular weight excluding hydrogens is 634 g/mol. The van der Waals surface area contributed by atoms with Crippen molar-refractivity contribution in [3.05, 3.63) is 105 Å². The van der Waals surface area contributed by atoms with Crippen LogP contribution < -0.4 is 14.8 Å². The first kappa shape index (κ1) is 29.0. The van der Waals surface area contributed by atoms with Gasteiger partial charge in [0.15, 0.2) is 0 Å². The second-order valence-electron chi connectivity index (χ2n) is 9.16. The molecular formula is C29H25BrClN3O6S. The zero-order chi connectivity index (χ0) is 28.8. The van der Waals surface area contributed by atoms with Gasteiger partial charge in [0, 0.05) is 34.8 Å². The minimum atomic E-state index is -4.08. The molecule has 0 saturated carbocycles. The van der Waals surface area contributed by atoms with Gasteiger partial charge in [-0.25, -0.2) is 4.63 Å². The minimum Gasteiger partial charge on any atom is -0.488 e. The molecule has 0 spiro atoms. The molecule has 0 bridgehead atoms. The highest BCUT2D eigenvalue weighted by molar-refractivity contribution is 9.10. The Morgan fingerprint density at radius 2 is 1.66 bits per heavy atom. The highest BCUT2D eigenvalue weighted by Gasteiger charge is 2.15. The monoisotopic (exact) mass is 657 g/mol. The predicted octanol–water partition coefficient (Wildman–Crippen LogP) is 6.44. The van der Waals surface area contributed by atoms with Gasteiger partial charge in [-0.1, -0.05) is 66.2 Å². The van der Waals surface area contributed by atoms with Crippen molar-refractivity contribution in [2.45, 2.75) is 19.8 Å². The maximum absolute atomic E-state index is 11.1. The molecule has 9 nitrogen and oxygen atoms in total. The van der Waals surface area contributed by atoms with E-state index in [2.05, 4.69) is 31.6 Å². The quantitative estimate of drug-likeness (QED) is 0.115. The Morgan fingerprint density at radius 3 is 2.46 bits per heavy atom. The first-order valence-electron chi connectivity index (χ1n) is 12.5. The molecule has 1 aromatic heterocycles. The number of rotatable bonds is 12. The summed E-state index contributed by atoms with van der Waals surface area (Å²) in [5.41, 5.74) is 5.86. The van der Waals surface area contributed by atoms with E-state index in [0.717, 1.165) is 26.7 Å². The standard InChI is InChI=1S/C29H25BrClN3O6S/c30-29-21(7-4-8-23(29)20-5-2-1-3-6-20)18-39-28-15-27(22(14-24(28)31)16-32-11-12-41(35,36)37)38-17-19-9-10-25-26(13-19)34-40-33-25/h1-10,13-15,32H,11-12,16-18H2,(H,35,36,37). The van der Waals surface area contributed by atoms with Gasteiger partial charge < -0.3 is 14.8 Å². The molecule has 5 aromatic rings. The van der Waals surface area contributed by atoms with Crippen molar-refractivity contribution in [1.82, 2.24) is 15.6 Å². The maximum Gasteiger partial charge on any atom is 0.266 e. The lowest BCUT2D eigenvalue weighted by atomic mass is 10.0. The van der Waals surface area contributed by atoms with Gasteiger partial charge in [0.1, 0.15) is 35.7 Å². The van der Waals surface area contributed by atoms with Gasteiger partial charge >= 0.3 is 0 Å². The molecule has 5 rings (SSSR count). The summed E-state index contributed by atoms with van der Waals surface area (Å²) in [6.07, 6.45) is 0. The topological polar surface area (TPSA) is 124 Å². The second kappa shape index (κ2) is 13.0. The number of halogens is 2. The van der Waals surface area contributed by atoms with Crippen LogP contribution in [0.25, 0.3) is 22.2 Å². The van der Waals surface area contributed by atoms with Crippen molar-refractivity contribution in [1.29, 1.82) is 0 Å². The largest absolute Gasteiger partial charge is 0.488 e. The number of hydrogen-bond acceptors (Lipinski definition) is 8. The summed E-state index contributed by atoms with van der Waals surface area (Å²) in [6, 6.07) is 25.0. The highest BCUT2D eigenvalue weighted by Crippen LogP contribution is 2.36. The Labute approximate surface area is 250 Å². The Hall–Kier alpha value is -3.48. The third-order valence-electron chi connectivity index (χ3n) is 6.23. The molecule has 0 aliphatic heterocycles. The predicted molar refractivity (Wildman–Crippen MR) is 160 cm³/mol. The van der Waals surface area contributed by atoms with Crippen LogP contribution in [-0.4, -0.2) is 35.6 Å². The number of fused-ring (bicyclic) bond motifs is 1. The van der Waals surface area contributed by atoms with Gasteiger partial charge in [-0.05, 0) is 61.1 Å². The Balaban J connectivity index is 1.35. The Morgan fingerprint density at radius 1 is 0.878 bits per heavy atom. The average molecular weight is 659 g/mol. The first-order valence-corrected chi connectivity index (χ1v) is 15.3. The lowest BCUT2D eigenvalue weighted by Crippen LogP contribution is -2.22. The molecule has 2 N–H and O–H groups in total. The van der Waals surface area contributed by atoms with Crippen LogP contribution in [0.4, 0.5) is 0 Å². The van der Waals surface area contributed by atoms with Gasteiger partial charge in [-0.15, -0.1) is 0 Å². The molecule has 0 aliphatic carbocycles. The molecule has 0 amide bonds. The normalized spacial score (nSPS) is 11.6. The summed E-state index contributed by atoms with van der Waals surface area (Å²) < 4.78 is 49.2. The van der Waals surface area contributed by atoms with Crippen LogP contribution in [0.5, 0.6) is 11.5 Å². The fourth-order valence-corrected chi connectivity index (χ4v) is 5.40. The van der Waals surface area contributed by atoms with Crippen LogP contribution in [-0.2, 0) is 29.9 Å². The molecule has 0 saturated heterocycles. The molecule has 0 atom stereocenters. The van der Waals surface area contributed by atoms with Crippen LogP contribution in [0, 0.1) is 0 Å². The van der Waals surface area contributed by atoms with E-state index in [1.165, 1.54) is 0 Å². The van der Waals surface area contributed by atoms with E-state index in [-0.39, 0.29) is 26.3 Å². The Kier molecular flexibility index (Phi) is 9.21. The highest BCUT2D eigenvalue weighted by atomic mass is 79.9. The zero-order valence-corrected chi connectivity index (χ0v) is 24.7. The third kappa shape index (κ3) is 7.63. The van der Waals surface area contributed by atoms with E-state index in [1.807, 2.05) is 60.7 Å². The average Bonchev–Trinajstić information content (AvgIpc) is 3.43. The van der Waals surface area contributed by atoms with E-state index < -0.39 is 15.9 Å². The van der Waals surface area contributed by atoms with Gasteiger partial charge in [0.25, 0.3) is 10.1 Å². The molecule has 0 unspecified atom stereocenters. The fraction of sp³-hybridized carbons (Fsp3) is 0.172. The summed E-state index contributed by atoms with van der Waals surface area (Å²) in [6.45, 7) is 0.770. The molecule has 212 valence electrons. The summed E-state index contributed by atoms with van der Waals surface area (Å²) >= 11 is 10.3. The molecule has 1 heterocycles. The van der Waals surface area contributed by atoms with Crippen molar-refractivity contribution in [2.24, 2.45) is 0 Å². The van der Waals surface area contributed by atoms with Crippen LogP contribution in [0.2, 0.25) is 5.02 Å². The first-order chi connectivity index (χ1) is 19.8. The van der Waals surface area contributed by atoms with E-state index in [1.54, 1.807) is 18.2 Å². The second-order valence-corrected chi connectivity index (χ2v) is 11.9. The van der Waals surface area contributed by atoms with Gasteiger partial charge in [0.2, 0.25) is 0 Å². The summed E-state index contributed by atoms with van der Waals surface area (Å²) in [5.74, 6) is 0.511. The van der Waals surface area contributed by atoms with Gasteiger partial charge in [0.05, 0.1) is 10.8 Å². The van der Waals surface area contributed by atoms with Crippen molar-refractivity contribution in [3.63, 3.8) is 0 Å². The van der Waals surface area contributed by atoms with Crippen molar-refractivity contribution >= 4 is 48.7 Å². The van der Waals surface area contributed by atoms with Crippen molar-refractivity contribution in [2.75, 3.05) is 12.3 Å². The summed E-state index contributed by atoms with van der Waals surface area (Å²) in [5, 5.41) is 11.1. The van der Waals surface area contributed by atoms with Crippen LogP contribution in [0.3, 0.4) is 0 Å². The third-order valence-corrected chi connectivity index (χ3v) is 8.18. The number of aromatic nitrogens is 2. The van der Waals surface area contributed by atoms with Gasteiger partial charge in [-0.3, -0.25) is 4.55 Å². The number of benzene rings is 4. The lowest BCUT2D eigenvalue weighted by molar-refractivity contribution is 0.287. The van der Waals surface area contributed by atoms with Crippen molar-refractivity contribution < 1.29 is 27.1 Å². The SMILES string of the molecule is O=S(=O)(O)CCNCc1cc(Cl)c(OCc2cccc(-c3ccccc3)c2Br)cc1OCc1ccc2nonc2c1. The van der Waals surface area contributed by atoms with Crippen LogP contribution in [0.15, 0.2) is 88.0 Å². The van der Waals surface area contributed by atoms with E-state index in [0.29, 0.717) is 33.1 Å². The molecule has 4 aromatic carbocycles. The molecule has 0 aliphatic rings. The van der Waals surface area contributed by atoms with Crippen molar-refractivity contribution in [3.8, 4) is 22.6 Å². The van der Waals surface area contributed by atoms with Crippen LogP contribution in [0.1, 0.15) is 16.7 Å². The number of ether oxygens (including phenoxy) is 2. The summed E-state index contributed by atoms with van der Waals surface area (Å²) in [7, 11) is -4.08. The lowest BCUT2D eigenvalue weighted by Gasteiger charge is -2.17. The van der Waals surface area contributed by atoms with Crippen LogP contribution >= 0.6 is 27.5 Å².